The Labute approximate surface area is 91.5 Å². The Balaban J connectivity index is 2.55. The van der Waals surface area contributed by atoms with Crippen molar-refractivity contribution in [3.8, 4) is 0 Å². The monoisotopic (exact) mass is 225 g/mol. The van der Waals surface area contributed by atoms with Gasteiger partial charge in [-0.2, -0.15) is 0 Å². The Morgan fingerprint density at radius 3 is 2.60 bits per heavy atom. The van der Waals surface area contributed by atoms with E-state index in [-0.39, 0.29) is 16.5 Å². The van der Waals surface area contributed by atoms with E-state index in [2.05, 4.69) is 9.97 Å². The summed E-state index contributed by atoms with van der Waals surface area (Å²) in [6.07, 6.45) is 3.88. The summed E-state index contributed by atoms with van der Waals surface area (Å²) >= 11 is 1.42. The van der Waals surface area contributed by atoms with Crippen LogP contribution in [0.3, 0.4) is 0 Å². The van der Waals surface area contributed by atoms with Crippen molar-refractivity contribution in [3.05, 3.63) is 21.5 Å². The first-order valence-electron chi connectivity index (χ1n) is 4.70. The minimum absolute atomic E-state index is 0.107. The van der Waals surface area contributed by atoms with E-state index in [1.54, 1.807) is 6.92 Å². The van der Waals surface area contributed by atoms with Gasteiger partial charge >= 0.3 is 5.69 Å². The average Bonchev–Trinajstić information content (AvgIpc) is 2.98. The van der Waals surface area contributed by atoms with Crippen LogP contribution in [0, 0.1) is 17.0 Å². The molecule has 0 spiro atoms. The van der Waals surface area contributed by atoms with Crippen molar-refractivity contribution in [2.24, 2.45) is 0 Å². The summed E-state index contributed by atoms with van der Waals surface area (Å²) in [6.45, 7) is 1.67. The fourth-order valence-electron chi connectivity index (χ4n) is 1.52. The zero-order valence-corrected chi connectivity index (χ0v) is 9.37. The van der Waals surface area contributed by atoms with E-state index < -0.39 is 0 Å². The third-order valence-electron chi connectivity index (χ3n) is 2.39. The van der Waals surface area contributed by atoms with E-state index >= 15 is 0 Å². The van der Waals surface area contributed by atoms with Crippen molar-refractivity contribution in [3.63, 3.8) is 0 Å². The Morgan fingerprint density at radius 2 is 2.13 bits per heavy atom. The summed E-state index contributed by atoms with van der Waals surface area (Å²) in [4.78, 5) is 18.9. The van der Waals surface area contributed by atoms with Crippen LogP contribution in [0.2, 0.25) is 0 Å². The Bertz CT molecular complexity index is 418. The molecule has 5 nitrogen and oxygen atoms in total. The normalized spacial score (nSPS) is 15.3. The third kappa shape index (κ3) is 1.94. The van der Waals surface area contributed by atoms with Gasteiger partial charge in [-0.25, -0.2) is 9.97 Å². The van der Waals surface area contributed by atoms with Gasteiger partial charge in [0.1, 0.15) is 11.4 Å². The lowest BCUT2D eigenvalue weighted by molar-refractivity contribution is -0.386. The van der Waals surface area contributed by atoms with Crippen molar-refractivity contribution in [1.29, 1.82) is 0 Å². The minimum atomic E-state index is -0.368. The molecule has 0 amide bonds. The van der Waals surface area contributed by atoms with Crippen molar-refractivity contribution in [1.82, 2.24) is 9.97 Å². The quantitative estimate of drug-likeness (QED) is 0.341. The number of rotatable bonds is 3. The van der Waals surface area contributed by atoms with Crippen molar-refractivity contribution < 1.29 is 4.92 Å². The smallest absolute Gasteiger partial charge is 0.258 e. The lowest BCUT2D eigenvalue weighted by atomic mass is 10.2. The molecule has 0 saturated heterocycles. The second kappa shape index (κ2) is 3.77. The molecule has 6 heteroatoms. The molecule has 0 bridgehead atoms. The molecule has 0 radical (unpaired) electrons. The van der Waals surface area contributed by atoms with Gasteiger partial charge < -0.3 is 0 Å². The number of aryl methyl sites for hydroxylation is 1. The summed E-state index contributed by atoms with van der Waals surface area (Å²) in [5.41, 5.74) is 1.20. The molecule has 1 aromatic rings. The Hall–Kier alpha value is -1.17. The van der Waals surface area contributed by atoms with Crippen LogP contribution < -0.4 is 0 Å². The molecule has 15 heavy (non-hydrogen) atoms. The van der Waals surface area contributed by atoms with Crippen molar-refractivity contribution >= 4 is 17.4 Å². The van der Waals surface area contributed by atoms with E-state index in [1.807, 2.05) is 6.26 Å². The summed E-state index contributed by atoms with van der Waals surface area (Å²) in [5, 5.41) is 11.5. The molecular formula is C9H11N3O2S. The lowest BCUT2D eigenvalue weighted by Crippen LogP contribution is -2.04. The number of hydrogen-bond donors (Lipinski definition) is 0. The molecule has 0 N–H and O–H groups in total. The first-order valence-corrected chi connectivity index (χ1v) is 5.93. The zero-order valence-electron chi connectivity index (χ0n) is 8.56. The van der Waals surface area contributed by atoms with E-state index in [0.29, 0.717) is 16.5 Å². The highest BCUT2D eigenvalue weighted by molar-refractivity contribution is 7.98. The van der Waals surface area contributed by atoms with Gasteiger partial charge in [0.15, 0.2) is 5.16 Å². The van der Waals surface area contributed by atoms with E-state index in [0.717, 1.165) is 12.8 Å². The van der Waals surface area contributed by atoms with Crippen molar-refractivity contribution in [2.45, 2.75) is 30.8 Å². The lowest BCUT2D eigenvalue weighted by Gasteiger charge is -2.04. The second-order valence-corrected chi connectivity index (χ2v) is 4.33. The van der Waals surface area contributed by atoms with Crippen LogP contribution in [-0.4, -0.2) is 21.1 Å². The van der Waals surface area contributed by atoms with Gasteiger partial charge in [-0.15, -0.1) is 0 Å². The van der Waals surface area contributed by atoms with Crippen LogP contribution in [0.1, 0.15) is 30.1 Å². The molecule has 0 atom stereocenters. The molecule has 0 aromatic carbocycles. The van der Waals surface area contributed by atoms with Crippen LogP contribution >= 0.6 is 11.8 Å². The summed E-state index contributed by atoms with van der Waals surface area (Å²) in [7, 11) is 0. The fourth-order valence-corrected chi connectivity index (χ4v) is 1.94. The Kier molecular flexibility index (Phi) is 2.60. The number of hydrogen-bond acceptors (Lipinski definition) is 5. The van der Waals surface area contributed by atoms with Gasteiger partial charge in [0, 0.05) is 5.92 Å². The first kappa shape index (κ1) is 10.4. The molecule has 1 aromatic heterocycles. The maximum Gasteiger partial charge on any atom is 0.312 e. The maximum absolute atomic E-state index is 10.9. The van der Waals surface area contributed by atoms with E-state index in [9.17, 15) is 10.1 Å². The third-order valence-corrected chi connectivity index (χ3v) is 2.94. The highest BCUT2D eigenvalue weighted by atomic mass is 32.2. The fraction of sp³-hybridized carbons (Fsp3) is 0.556. The molecule has 1 aliphatic rings. The summed E-state index contributed by atoms with van der Waals surface area (Å²) in [5.74, 6) is 0.276. The van der Waals surface area contributed by atoms with Gasteiger partial charge in [0.05, 0.1) is 4.92 Å². The zero-order chi connectivity index (χ0) is 11.0. The van der Waals surface area contributed by atoms with Crippen LogP contribution in [-0.2, 0) is 0 Å². The van der Waals surface area contributed by atoms with E-state index in [1.165, 1.54) is 11.8 Å². The largest absolute Gasteiger partial charge is 0.312 e. The molecule has 2 rings (SSSR count). The van der Waals surface area contributed by atoms with Crippen LogP contribution in [0.4, 0.5) is 5.69 Å². The number of thioether (sulfide) groups is 1. The Morgan fingerprint density at radius 1 is 1.47 bits per heavy atom. The summed E-state index contributed by atoms with van der Waals surface area (Å²) < 4.78 is 0. The maximum atomic E-state index is 10.9. The molecule has 1 aliphatic carbocycles. The molecule has 80 valence electrons. The van der Waals surface area contributed by atoms with Crippen LogP contribution in [0.5, 0.6) is 0 Å². The van der Waals surface area contributed by atoms with Gasteiger partial charge in [-0.3, -0.25) is 10.1 Å². The second-order valence-electron chi connectivity index (χ2n) is 3.56. The molecule has 1 saturated carbocycles. The number of nitrogens with zero attached hydrogens (tertiary/aromatic N) is 3. The van der Waals surface area contributed by atoms with Crippen LogP contribution in [0.15, 0.2) is 5.16 Å². The van der Waals surface area contributed by atoms with Crippen LogP contribution in [0.25, 0.3) is 0 Å². The standard InChI is InChI=1S/C9H11N3O2S/c1-5-8(12(13)14)7(6-3-4-6)11-9(10-5)15-2/h6H,3-4H2,1-2H3. The average molecular weight is 225 g/mol. The van der Waals surface area contributed by atoms with Gasteiger partial charge in [-0.05, 0) is 26.0 Å². The number of nitro groups is 1. The van der Waals surface area contributed by atoms with Gasteiger partial charge in [-0.1, -0.05) is 11.8 Å². The molecule has 1 heterocycles. The molecule has 0 aliphatic heterocycles. The molecule has 1 fully saturated rings. The van der Waals surface area contributed by atoms with E-state index in [4.69, 9.17) is 0 Å². The predicted molar refractivity (Wildman–Crippen MR) is 57.2 cm³/mol. The molecule has 0 unspecified atom stereocenters. The highest BCUT2D eigenvalue weighted by Crippen LogP contribution is 2.44. The predicted octanol–water partition coefficient (Wildman–Crippen LogP) is 2.29. The first-order chi connectivity index (χ1) is 7.13. The van der Waals surface area contributed by atoms with Gasteiger partial charge in [0.2, 0.25) is 0 Å². The van der Waals surface area contributed by atoms with Crippen molar-refractivity contribution in [2.75, 3.05) is 6.26 Å². The minimum Gasteiger partial charge on any atom is -0.258 e. The SMILES string of the molecule is CSc1nc(C)c([N+](=O)[O-])c(C2CC2)n1. The number of aromatic nitrogens is 2. The summed E-state index contributed by atoms with van der Waals surface area (Å²) in [6, 6.07) is 0. The highest BCUT2D eigenvalue weighted by Gasteiger charge is 2.34. The topological polar surface area (TPSA) is 68.9 Å². The molecular weight excluding hydrogens is 214 g/mol. The van der Waals surface area contributed by atoms with Gasteiger partial charge in [0.25, 0.3) is 0 Å².